The summed E-state index contributed by atoms with van der Waals surface area (Å²) in [6.45, 7) is 6.23. The number of hydrogen-bond donors (Lipinski definition) is 2. The van der Waals surface area contributed by atoms with Crippen molar-refractivity contribution < 1.29 is 9.59 Å². The second-order valence-electron chi connectivity index (χ2n) is 8.90. The predicted octanol–water partition coefficient (Wildman–Crippen LogP) is 3.15. The molecule has 1 aliphatic heterocycles. The van der Waals surface area contributed by atoms with Crippen LogP contribution in [0.15, 0.2) is 54.9 Å². The Labute approximate surface area is 193 Å². The van der Waals surface area contributed by atoms with Gasteiger partial charge >= 0.3 is 0 Å². The Hall–Kier alpha value is -3.55. The van der Waals surface area contributed by atoms with E-state index >= 15 is 0 Å². The number of nitrogens with one attached hydrogen (secondary N) is 2. The lowest BCUT2D eigenvalue weighted by atomic mass is 10.00. The molecule has 8 heteroatoms. The first-order chi connectivity index (χ1) is 15.9. The van der Waals surface area contributed by atoms with E-state index in [2.05, 4.69) is 45.6 Å². The van der Waals surface area contributed by atoms with Gasteiger partial charge in [0.2, 0.25) is 11.8 Å². The molecule has 3 atom stereocenters. The minimum atomic E-state index is -0.527. The van der Waals surface area contributed by atoms with Crippen LogP contribution in [0.5, 0.6) is 0 Å². The average Bonchev–Trinajstić information content (AvgIpc) is 3.47. The molecule has 0 spiro atoms. The number of benzene rings is 1. The topological polar surface area (TPSA) is 104 Å². The molecular weight excluding hydrogens is 416 g/mol. The van der Waals surface area contributed by atoms with Crippen LogP contribution >= 0.6 is 0 Å². The molecule has 172 valence electrons. The van der Waals surface area contributed by atoms with Gasteiger partial charge in [0, 0.05) is 12.2 Å². The molecular formula is C25H30N6O2. The Morgan fingerprint density at radius 2 is 1.88 bits per heavy atom. The molecule has 3 aromatic rings. The third-order valence-corrected chi connectivity index (χ3v) is 6.25. The van der Waals surface area contributed by atoms with Crippen LogP contribution in [-0.4, -0.2) is 49.2 Å². The van der Waals surface area contributed by atoms with Gasteiger partial charge < -0.3 is 10.2 Å². The van der Waals surface area contributed by atoms with Crippen LogP contribution in [0.1, 0.15) is 68.1 Å². The number of aromatic amines is 1. The zero-order chi connectivity index (χ0) is 23.4. The van der Waals surface area contributed by atoms with Crippen LogP contribution in [0.4, 0.5) is 0 Å². The zero-order valence-corrected chi connectivity index (χ0v) is 19.2. The molecule has 1 aliphatic rings. The highest BCUT2D eigenvalue weighted by atomic mass is 16.2. The van der Waals surface area contributed by atoms with Crippen LogP contribution in [-0.2, 0) is 16.0 Å². The Bertz CT molecular complexity index is 1070. The number of rotatable bonds is 7. The molecule has 2 amide bonds. The van der Waals surface area contributed by atoms with Crippen molar-refractivity contribution in [3.8, 4) is 0 Å². The minimum absolute atomic E-state index is 0.0150. The van der Waals surface area contributed by atoms with E-state index < -0.39 is 12.1 Å². The van der Waals surface area contributed by atoms with Crippen molar-refractivity contribution in [2.75, 3.05) is 0 Å². The second-order valence-corrected chi connectivity index (χ2v) is 8.90. The van der Waals surface area contributed by atoms with E-state index in [4.69, 9.17) is 0 Å². The summed E-state index contributed by atoms with van der Waals surface area (Å²) in [5.74, 6) is 0.0849. The van der Waals surface area contributed by atoms with E-state index in [1.807, 2.05) is 49.5 Å². The maximum Gasteiger partial charge on any atom is 0.243 e. The number of aromatic nitrogens is 4. The first-order valence-electron chi connectivity index (χ1n) is 11.4. The second kappa shape index (κ2) is 9.94. The summed E-state index contributed by atoms with van der Waals surface area (Å²) in [4.78, 5) is 32.8. The monoisotopic (exact) mass is 446 g/mol. The molecule has 1 saturated heterocycles. The highest BCUT2D eigenvalue weighted by molar-refractivity contribution is 5.89. The number of amides is 2. The fourth-order valence-corrected chi connectivity index (χ4v) is 4.36. The van der Waals surface area contributed by atoms with Crippen LogP contribution in [0.25, 0.3) is 0 Å². The van der Waals surface area contributed by atoms with Gasteiger partial charge in [-0.3, -0.25) is 14.6 Å². The number of H-pyrrole nitrogens is 1. The smallest absolute Gasteiger partial charge is 0.243 e. The van der Waals surface area contributed by atoms with Crippen LogP contribution in [0.3, 0.4) is 0 Å². The van der Waals surface area contributed by atoms with Gasteiger partial charge in [-0.15, -0.1) is 0 Å². The molecule has 0 saturated carbocycles. The number of hydrogen-bond acceptors (Lipinski definition) is 5. The minimum Gasteiger partial charge on any atom is -0.342 e. The van der Waals surface area contributed by atoms with E-state index in [-0.39, 0.29) is 24.3 Å². The van der Waals surface area contributed by atoms with Gasteiger partial charge in [0.1, 0.15) is 6.04 Å². The summed E-state index contributed by atoms with van der Waals surface area (Å²) in [6, 6.07) is 12.9. The van der Waals surface area contributed by atoms with Crippen molar-refractivity contribution in [3.63, 3.8) is 0 Å². The predicted molar refractivity (Wildman–Crippen MR) is 124 cm³/mol. The molecule has 1 fully saturated rings. The summed E-state index contributed by atoms with van der Waals surface area (Å²) < 4.78 is 0. The number of carbonyl (C=O) groups excluding carboxylic acids is 2. The van der Waals surface area contributed by atoms with Crippen LogP contribution in [0, 0.1) is 0 Å². The highest BCUT2D eigenvalue weighted by Gasteiger charge is 2.39. The van der Waals surface area contributed by atoms with Gasteiger partial charge in [0.05, 0.1) is 30.0 Å². The van der Waals surface area contributed by atoms with Crippen molar-refractivity contribution in [3.05, 3.63) is 77.4 Å². The van der Waals surface area contributed by atoms with Crippen LogP contribution < -0.4 is 5.32 Å². The van der Waals surface area contributed by atoms with E-state index in [1.165, 1.54) is 6.20 Å². The fraction of sp³-hybridized carbons (Fsp3) is 0.400. The fourth-order valence-electron chi connectivity index (χ4n) is 4.36. The molecule has 33 heavy (non-hydrogen) atoms. The molecule has 0 bridgehead atoms. The van der Waals surface area contributed by atoms with E-state index in [0.29, 0.717) is 18.0 Å². The quantitative estimate of drug-likeness (QED) is 0.580. The van der Waals surface area contributed by atoms with E-state index in [1.54, 1.807) is 4.90 Å². The highest BCUT2D eigenvalue weighted by Crippen LogP contribution is 2.27. The Morgan fingerprint density at radius 3 is 2.52 bits per heavy atom. The molecule has 2 N–H and O–H groups in total. The maximum atomic E-state index is 13.5. The van der Waals surface area contributed by atoms with E-state index in [9.17, 15) is 9.59 Å². The van der Waals surface area contributed by atoms with Crippen molar-refractivity contribution in [2.24, 2.45) is 0 Å². The molecule has 0 unspecified atom stereocenters. The third kappa shape index (κ3) is 5.10. The first kappa shape index (κ1) is 22.6. The van der Waals surface area contributed by atoms with Gasteiger partial charge in [-0.25, -0.2) is 0 Å². The lowest BCUT2D eigenvalue weighted by Crippen LogP contribution is -2.49. The van der Waals surface area contributed by atoms with Crippen molar-refractivity contribution >= 4 is 11.8 Å². The van der Waals surface area contributed by atoms with Crippen molar-refractivity contribution in [2.45, 2.75) is 64.1 Å². The Kier molecular flexibility index (Phi) is 6.82. The number of pyridine rings is 1. The summed E-state index contributed by atoms with van der Waals surface area (Å²) in [5, 5.41) is 13.4. The van der Waals surface area contributed by atoms with Crippen molar-refractivity contribution in [1.29, 1.82) is 0 Å². The molecule has 0 aliphatic carbocycles. The molecule has 4 rings (SSSR count). The summed E-state index contributed by atoms with van der Waals surface area (Å²) in [7, 11) is 0. The number of nitrogens with zero attached hydrogens (tertiary/aromatic N) is 4. The maximum absolute atomic E-state index is 13.5. The zero-order valence-electron chi connectivity index (χ0n) is 19.2. The summed E-state index contributed by atoms with van der Waals surface area (Å²) >= 11 is 0. The van der Waals surface area contributed by atoms with Gasteiger partial charge in [-0.05, 0) is 42.9 Å². The third-order valence-electron chi connectivity index (χ3n) is 6.25. The molecule has 0 radical (unpaired) electrons. The molecule has 1 aromatic carbocycles. The van der Waals surface area contributed by atoms with Crippen LogP contribution in [0.2, 0.25) is 0 Å². The van der Waals surface area contributed by atoms with Gasteiger partial charge in [0.15, 0.2) is 0 Å². The SMILES string of the molecule is CC(C)c1ccc([C@@H](NC(=O)[C@@H]2CC[C@H](C)N2C(=O)Cc2cn[nH]n2)c2ccccc2)nc1. The normalized spacial score (nSPS) is 19.0. The molecule has 3 heterocycles. The van der Waals surface area contributed by atoms with Gasteiger partial charge in [-0.1, -0.05) is 50.2 Å². The summed E-state index contributed by atoms with van der Waals surface area (Å²) in [5.41, 5.74) is 3.42. The average molecular weight is 447 g/mol. The molecule has 2 aromatic heterocycles. The largest absolute Gasteiger partial charge is 0.342 e. The van der Waals surface area contributed by atoms with Crippen molar-refractivity contribution in [1.82, 2.24) is 30.6 Å². The Balaban J connectivity index is 1.56. The Morgan fingerprint density at radius 1 is 1.09 bits per heavy atom. The summed E-state index contributed by atoms with van der Waals surface area (Å²) in [6.07, 6.45) is 4.92. The lowest BCUT2D eigenvalue weighted by molar-refractivity contribution is -0.139. The number of likely N-dealkylation sites (tertiary alicyclic amines) is 1. The molecule has 8 nitrogen and oxygen atoms in total. The van der Waals surface area contributed by atoms with Gasteiger partial charge in [-0.2, -0.15) is 15.4 Å². The standard InChI is InChI=1S/C25H30N6O2/c1-16(2)19-10-11-21(26-14-19)24(18-7-5-4-6-8-18)28-25(33)22-12-9-17(3)31(22)23(32)13-20-15-27-30-29-20/h4-8,10-11,14-17,22,24H,9,12-13H2,1-3H3,(H,28,33)(H,27,29,30)/t17-,22-,24-/m0/s1. The lowest BCUT2D eigenvalue weighted by Gasteiger charge is -2.29. The van der Waals surface area contributed by atoms with E-state index in [0.717, 1.165) is 23.2 Å². The first-order valence-corrected chi connectivity index (χ1v) is 11.4. The van der Waals surface area contributed by atoms with Gasteiger partial charge in [0.25, 0.3) is 0 Å². The number of carbonyl (C=O) groups is 2.